The minimum atomic E-state index is 0.737. The van der Waals surface area contributed by atoms with Crippen molar-refractivity contribution in [2.24, 2.45) is 0 Å². The van der Waals surface area contributed by atoms with E-state index in [1.807, 2.05) is 0 Å². The van der Waals surface area contributed by atoms with Crippen LogP contribution in [-0.4, -0.2) is 38.3 Å². The summed E-state index contributed by atoms with van der Waals surface area (Å²) in [5.74, 6) is 0. The predicted octanol–water partition coefficient (Wildman–Crippen LogP) is 0.0800. The van der Waals surface area contributed by atoms with Gasteiger partial charge in [0.2, 0.25) is 0 Å². The maximum atomic E-state index is 3.54. The van der Waals surface area contributed by atoms with Gasteiger partial charge in [-0.05, 0) is 38.8 Å². The molecule has 3 heteroatoms. The third-order valence-electron chi connectivity index (χ3n) is 3.11. The molecule has 13 heavy (non-hydrogen) atoms. The molecule has 0 saturated carbocycles. The van der Waals surface area contributed by atoms with Crippen LogP contribution in [0.2, 0.25) is 0 Å². The van der Waals surface area contributed by atoms with Gasteiger partial charge in [0.1, 0.15) is 0 Å². The summed E-state index contributed by atoms with van der Waals surface area (Å²) in [6.45, 7) is 4.73. The highest BCUT2D eigenvalue weighted by atomic mass is 15.0. The molecule has 0 aromatic rings. The molecule has 2 saturated heterocycles. The van der Waals surface area contributed by atoms with E-state index in [1.165, 1.54) is 38.8 Å². The van der Waals surface area contributed by atoms with Gasteiger partial charge in [-0.1, -0.05) is 0 Å². The number of hydrogen-bond acceptors (Lipinski definition) is 3. The average Bonchev–Trinajstić information content (AvgIpc) is 2.75. The topological polar surface area (TPSA) is 36.1 Å². The van der Waals surface area contributed by atoms with Crippen molar-refractivity contribution < 1.29 is 0 Å². The Kier molecular flexibility index (Phi) is 3.58. The van der Waals surface area contributed by atoms with Gasteiger partial charge in [0.25, 0.3) is 0 Å². The maximum absolute atomic E-state index is 3.54. The number of rotatable bonds is 4. The summed E-state index contributed by atoms with van der Waals surface area (Å²) >= 11 is 0. The third-order valence-corrected chi connectivity index (χ3v) is 3.11. The van der Waals surface area contributed by atoms with Crippen molar-refractivity contribution >= 4 is 0 Å². The largest absolute Gasteiger partial charge is 0.314 e. The van der Waals surface area contributed by atoms with E-state index in [1.54, 1.807) is 0 Å². The van der Waals surface area contributed by atoms with E-state index in [0.29, 0.717) is 0 Å². The predicted molar refractivity (Wildman–Crippen MR) is 54.9 cm³/mol. The molecule has 0 spiro atoms. The van der Waals surface area contributed by atoms with Gasteiger partial charge in [-0.25, -0.2) is 0 Å². The van der Waals surface area contributed by atoms with Crippen molar-refractivity contribution in [2.75, 3.05) is 26.2 Å². The van der Waals surface area contributed by atoms with Gasteiger partial charge in [0.05, 0.1) is 0 Å². The van der Waals surface area contributed by atoms with Gasteiger partial charge in [0, 0.05) is 25.2 Å². The smallest absolute Gasteiger partial charge is 0.0192 e. The van der Waals surface area contributed by atoms with Crippen molar-refractivity contribution in [3.05, 3.63) is 0 Å². The molecule has 2 heterocycles. The Morgan fingerprint density at radius 1 is 0.923 bits per heavy atom. The van der Waals surface area contributed by atoms with Gasteiger partial charge in [-0.3, -0.25) is 0 Å². The molecular weight excluding hydrogens is 162 g/mol. The first-order chi connectivity index (χ1) is 6.45. The maximum Gasteiger partial charge on any atom is 0.0192 e. The quantitative estimate of drug-likeness (QED) is 0.578. The molecule has 0 bridgehead atoms. The lowest BCUT2D eigenvalue weighted by Gasteiger charge is -2.14. The first-order valence-corrected chi connectivity index (χ1v) is 5.62. The second-order valence-electron chi connectivity index (χ2n) is 4.24. The van der Waals surface area contributed by atoms with Crippen LogP contribution in [0.1, 0.15) is 25.7 Å². The Hall–Kier alpha value is -0.120. The molecule has 76 valence electrons. The lowest BCUT2D eigenvalue weighted by atomic mass is 10.2. The lowest BCUT2D eigenvalue weighted by Crippen LogP contribution is -2.40. The molecule has 0 aliphatic carbocycles. The van der Waals surface area contributed by atoms with Crippen molar-refractivity contribution in [1.29, 1.82) is 0 Å². The zero-order valence-electron chi connectivity index (χ0n) is 8.31. The van der Waals surface area contributed by atoms with E-state index in [0.717, 1.165) is 25.2 Å². The molecule has 2 fully saturated rings. The fourth-order valence-electron chi connectivity index (χ4n) is 2.29. The summed E-state index contributed by atoms with van der Waals surface area (Å²) in [6, 6.07) is 1.47. The zero-order valence-corrected chi connectivity index (χ0v) is 8.31. The van der Waals surface area contributed by atoms with Crippen LogP contribution in [0.25, 0.3) is 0 Å². The Morgan fingerprint density at radius 3 is 1.85 bits per heavy atom. The highest BCUT2D eigenvalue weighted by Crippen LogP contribution is 2.05. The van der Waals surface area contributed by atoms with E-state index < -0.39 is 0 Å². The van der Waals surface area contributed by atoms with Gasteiger partial charge in [-0.15, -0.1) is 0 Å². The van der Waals surface area contributed by atoms with Crippen LogP contribution in [0.4, 0.5) is 0 Å². The van der Waals surface area contributed by atoms with Crippen LogP contribution in [0.5, 0.6) is 0 Å². The molecular formula is C10H21N3. The third kappa shape index (κ3) is 2.93. The Morgan fingerprint density at radius 2 is 1.46 bits per heavy atom. The van der Waals surface area contributed by atoms with Crippen molar-refractivity contribution in [3.8, 4) is 0 Å². The summed E-state index contributed by atoms with van der Waals surface area (Å²) in [7, 11) is 0. The molecule has 3 N–H and O–H groups in total. The van der Waals surface area contributed by atoms with Crippen LogP contribution >= 0.6 is 0 Å². The Balaban J connectivity index is 1.52. The molecule has 0 unspecified atom stereocenters. The first kappa shape index (κ1) is 9.44. The summed E-state index contributed by atoms with van der Waals surface area (Å²) in [6.07, 6.45) is 5.41. The fraction of sp³-hybridized carbons (Fsp3) is 1.00. The van der Waals surface area contributed by atoms with Crippen LogP contribution < -0.4 is 16.0 Å². The molecule has 0 aromatic heterocycles. The van der Waals surface area contributed by atoms with Crippen molar-refractivity contribution in [1.82, 2.24) is 16.0 Å². The highest BCUT2D eigenvalue weighted by molar-refractivity contribution is 4.80. The molecule has 2 atom stereocenters. The van der Waals surface area contributed by atoms with Crippen LogP contribution in [0.3, 0.4) is 0 Å². The number of hydrogen-bond donors (Lipinski definition) is 3. The second kappa shape index (κ2) is 4.94. The first-order valence-electron chi connectivity index (χ1n) is 5.62. The van der Waals surface area contributed by atoms with E-state index >= 15 is 0 Å². The Bertz CT molecular complexity index is 121. The van der Waals surface area contributed by atoms with E-state index in [-0.39, 0.29) is 0 Å². The number of nitrogens with one attached hydrogen (secondary N) is 3. The second-order valence-corrected chi connectivity index (χ2v) is 4.24. The fourth-order valence-corrected chi connectivity index (χ4v) is 2.29. The monoisotopic (exact) mass is 183 g/mol. The normalized spacial score (nSPS) is 34.2. The highest BCUT2D eigenvalue weighted by Gasteiger charge is 2.16. The molecule has 0 amide bonds. The molecule has 2 rings (SSSR count). The van der Waals surface area contributed by atoms with E-state index in [2.05, 4.69) is 16.0 Å². The SMILES string of the molecule is C1CN[C@H](CNC[C@@H]2CCCN2)C1. The standard InChI is InChI=1S/C10H21N3/c1-3-9(12-5-1)7-11-8-10-4-2-6-13-10/h9-13H,1-8H2/t9-,10-/m0/s1. The van der Waals surface area contributed by atoms with E-state index in [4.69, 9.17) is 0 Å². The molecule has 0 aromatic carbocycles. The summed E-state index contributed by atoms with van der Waals surface area (Å²) in [5.41, 5.74) is 0. The van der Waals surface area contributed by atoms with Crippen LogP contribution in [0, 0.1) is 0 Å². The average molecular weight is 183 g/mol. The minimum Gasteiger partial charge on any atom is -0.314 e. The molecule has 0 radical (unpaired) electrons. The van der Waals surface area contributed by atoms with Crippen molar-refractivity contribution in [2.45, 2.75) is 37.8 Å². The van der Waals surface area contributed by atoms with Gasteiger partial charge in [0.15, 0.2) is 0 Å². The molecule has 2 aliphatic heterocycles. The van der Waals surface area contributed by atoms with Crippen LogP contribution in [0.15, 0.2) is 0 Å². The Labute approximate surface area is 80.7 Å². The summed E-state index contributed by atoms with van der Waals surface area (Å²) in [5, 5.41) is 10.5. The van der Waals surface area contributed by atoms with E-state index in [9.17, 15) is 0 Å². The van der Waals surface area contributed by atoms with Crippen LogP contribution in [-0.2, 0) is 0 Å². The van der Waals surface area contributed by atoms with Gasteiger partial charge in [-0.2, -0.15) is 0 Å². The van der Waals surface area contributed by atoms with Crippen molar-refractivity contribution in [3.63, 3.8) is 0 Å². The summed E-state index contributed by atoms with van der Waals surface area (Å²) in [4.78, 5) is 0. The molecule has 2 aliphatic rings. The minimum absolute atomic E-state index is 0.737. The zero-order chi connectivity index (χ0) is 8.93. The summed E-state index contributed by atoms with van der Waals surface area (Å²) < 4.78 is 0. The van der Waals surface area contributed by atoms with Gasteiger partial charge >= 0.3 is 0 Å². The lowest BCUT2D eigenvalue weighted by molar-refractivity contribution is 0.487. The molecule has 3 nitrogen and oxygen atoms in total. The van der Waals surface area contributed by atoms with Gasteiger partial charge < -0.3 is 16.0 Å².